The highest BCUT2D eigenvalue weighted by atomic mass is 32.2. The van der Waals surface area contributed by atoms with Crippen molar-refractivity contribution in [2.24, 2.45) is 28.6 Å². The molecule has 4 aliphatic carbocycles. The summed E-state index contributed by atoms with van der Waals surface area (Å²) in [7, 11) is 0. The van der Waals surface area contributed by atoms with Crippen LogP contribution in [0.4, 0.5) is 4.39 Å². The van der Waals surface area contributed by atoms with Crippen molar-refractivity contribution in [3.05, 3.63) is 23.8 Å². The Morgan fingerprint density at radius 1 is 1.33 bits per heavy atom. The third kappa shape index (κ3) is 3.28. The van der Waals surface area contributed by atoms with Crippen molar-refractivity contribution in [3.8, 4) is 0 Å². The summed E-state index contributed by atoms with van der Waals surface area (Å²) >= 11 is 1.15. The standard InChI is InChI=1S/C25H35FO6S/c1-14-8-19-18-5-4-15-9-16(28)6-7-22(15,2)24(18,26)20(30)10-23(19,3)25(14,32)21(31)13-33-12-17(29)11-27/h6-7,9,14,17-20,27,29-30,32H,4-5,8,10-13H2,1-3H3/t14-,17?,18+,19+,20+,22+,23+,24+,25+/m1/s1. The van der Waals surface area contributed by atoms with Gasteiger partial charge in [-0.3, -0.25) is 9.59 Å². The maximum atomic E-state index is 17.1. The molecule has 184 valence electrons. The van der Waals surface area contributed by atoms with Crippen molar-refractivity contribution in [1.29, 1.82) is 0 Å². The van der Waals surface area contributed by atoms with E-state index in [1.165, 1.54) is 12.2 Å². The van der Waals surface area contributed by atoms with Crippen LogP contribution in [0.15, 0.2) is 23.8 Å². The van der Waals surface area contributed by atoms with Gasteiger partial charge in [-0.2, -0.15) is 11.8 Å². The number of halogens is 1. The van der Waals surface area contributed by atoms with Crippen LogP contribution >= 0.6 is 11.8 Å². The van der Waals surface area contributed by atoms with Gasteiger partial charge in [-0.1, -0.05) is 25.5 Å². The number of thioether (sulfide) groups is 1. The molecule has 3 fully saturated rings. The van der Waals surface area contributed by atoms with Crippen LogP contribution in [0.3, 0.4) is 0 Å². The second kappa shape index (κ2) is 8.26. The van der Waals surface area contributed by atoms with Crippen molar-refractivity contribution < 1.29 is 34.4 Å². The van der Waals surface area contributed by atoms with Gasteiger partial charge in [-0.25, -0.2) is 4.39 Å². The maximum Gasteiger partial charge on any atom is 0.178 e. The van der Waals surface area contributed by atoms with Crippen LogP contribution in [0.2, 0.25) is 0 Å². The summed E-state index contributed by atoms with van der Waals surface area (Å²) in [6.45, 7) is 4.97. The molecule has 0 amide bonds. The highest BCUT2D eigenvalue weighted by Gasteiger charge is 2.75. The zero-order valence-corrected chi connectivity index (χ0v) is 20.3. The van der Waals surface area contributed by atoms with Gasteiger partial charge in [0.1, 0.15) is 5.60 Å². The number of aliphatic hydroxyl groups excluding tert-OH is 3. The third-order valence-corrected chi connectivity index (χ3v) is 10.5. The molecule has 33 heavy (non-hydrogen) atoms. The largest absolute Gasteiger partial charge is 0.394 e. The molecule has 0 aliphatic heterocycles. The highest BCUT2D eigenvalue weighted by Crippen LogP contribution is 2.70. The molecule has 8 heteroatoms. The Morgan fingerprint density at radius 3 is 2.70 bits per heavy atom. The lowest BCUT2D eigenvalue weighted by Crippen LogP contribution is -2.69. The highest BCUT2D eigenvalue weighted by molar-refractivity contribution is 8.00. The Bertz CT molecular complexity index is 905. The van der Waals surface area contributed by atoms with Gasteiger partial charge in [-0.05, 0) is 56.6 Å². The van der Waals surface area contributed by atoms with Gasteiger partial charge in [0.15, 0.2) is 17.2 Å². The quantitative estimate of drug-likeness (QED) is 0.458. The average Bonchev–Trinajstić information content (AvgIpc) is 2.96. The van der Waals surface area contributed by atoms with Gasteiger partial charge in [0, 0.05) is 22.5 Å². The number of ketones is 2. The molecule has 0 radical (unpaired) electrons. The Kier molecular flexibility index (Phi) is 6.27. The van der Waals surface area contributed by atoms with Crippen LogP contribution in [0.1, 0.15) is 46.5 Å². The van der Waals surface area contributed by atoms with Gasteiger partial charge in [0.05, 0.1) is 24.6 Å². The number of hydrogen-bond donors (Lipinski definition) is 4. The van der Waals surface area contributed by atoms with Gasteiger partial charge in [0.25, 0.3) is 0 Å². The summed E-state index contributed by atoms with van der Waals surface area (Å²) < 4.78 is 17.1. The fraction of sp³-hybridized carbons (Fsp3) is 0.760. The average molecular weight is 483 g/mol. The summed E-state index contributed by atoms with van der Waals surface area (Å²) in [5, 5.41) is 41.7. The van der Waals surface area contributed by atoms with E-state index in [0.29, 0.717) is 24.8 Å². The first-order chi connectivity index (χ1) is 15.4. The van der Waals surface area contributed by atoms with E-state index in [1.807, 2.05) is 13.8 Å². The number of allylic oxidation sites excluding steroid dienone is 4. The van der Waals surface area contributed by atoms with Crippen molar-refractivity contribution >= 4 is 23.3 Å². The van der Waals surface area contributed by atoms with Crippen LogP contribution in [0.5, 0.6) is 0 Å². The van der Waals surface area contributed by atoms with Crippen molar-refractivity contribution in [2.75, 3.05) is 18.1 Å². The first kappa shape index (κ1) is 25.0. The number of carbonyl (C=O) groups is 2. The molecule has 6 nitrogen and oxygen atoms in total. The monoisotopic (exact) mass is 482 g/mol. The number of rotatable bonds is 6. The molecule has 0 heterocycles. The molecule has 0 saturated heterocycles. The fourth-order valence-corrected chi connectivity index (χ4v) is 8.49. The number of alkyl halides is 1. The summed E-state index contributed by atoms with van der Waals surface area (Å²) in [5.74, 6) is -1.67. The lowest BCUT2D eigenvalue weighted by Gasteiger charge is -2.62. The second-order valence-corrected chi connectivity index (χ2v) is 12.0. The minimum atomic E-state index is -1.99. The molecule has 4 N–H and O–H groups in total. The number of aliphatic hydroxyl groups is 4. The Morgan fingerprint density at radius 2 is 2.03 bits per heavy atom. The van der Waals surface area contributed by atoms with Gasteiger partial charge >= 0.3 is 0 Å². The normalized spacial score (nSPS) is 47.4. The minimum Gasteiger partial charge on any atom is -0.394 e. The molecule has 0 aromatic rings. The van der Waals surface area contributed by atoms with Crippen LogP contribution in [-0.4, -0.2) is 73.6 Å². The van der Waals surface area contributed by atoms with E-state index in [1.54, 1.807) is 13.0 Å². The van der Waals surface area contributed by atoms with E-state index < -0.39 is 52.8 Å². The van der Waals surface area contributed by atoms with Crippen molar-refractivity contribution in [3.63, 3.8) is 0 Å². The predicted octanol–water partition coefficient (Wildman–Crippen LogP) is 1.99. The van der Waals surface area contributed by atoms with Crippen LogP contribution < -0.4 is 0 Å². The molecule has 0 bridgehead atoms. The molecular weight excluding hydrogens is 447 g/mol. The number of fused-ring (bicyclic) bond motifs is 5. The lowest BCUT2D eigenvalue weighted by atomic mass is 9.44. The molecule has 4 rings (SSSR count). The lowest BCUT2D eigenvalue weighted by molar-refractivity contribution is -0.218. The molecule has 3 saturated carbocycles. The van der Waals surface area contributed by atoms with Gasteiger partial charge in [-0.15, -0.1) is 0 Å². The fourth-order valence-electron chi connectivity index (χ4n) is 7.59. The van der Waals surface area contributed by atoms with Crippen LogP contribution in [-0.2, 0) is 9.59 Å². The molecule has 0 aromatic heterocycles. The second-order valence-electron chi connectivity index (χ2n) is 10.9. The van der Waals surface area contributed by atoms with E-state index in [-0.39, 0.29) is 35.4 Å². The van der Waals surface area contributed by atoms with Crippen LogP contribution in [0, 0.1) is 28.6 Å². The number of carbonyl (C=O) groups excluding carboxylic acids is 2. The van der Waals surface area contributed by atoms with E-state index in [2.05, 4.69) is 0 Å². The molecule has 0 spiro atoms. The van der Waals surface area contributed by atoms with Crippen molar-refractivity contribution in [1.82, 2.24) is 0 Å². The molecule has 9 atom stereocenters. The smallest absolute Gasteiger partial charge is 0.178 e. The summed E-state index contributed by atoms with van der Waals surface area (Å²) in [6.07, 6.45) is 3.55. The third-order valence-electron chi connectivity index (χ3n) is 9.40. The zero-order valence-electron chi connectivity index (χ0n) is 19.5. The molecule has 0 aromatic carbocycles. The molecular formula is C25H35FO6S. The molecule has 4 aliphatic rings. The predicted molar refractivity (Wildman–Crippen MR) is 123 cm³/mol. The summed E-state index contributed by atoms with van der Waals surface area (Å²) in [6, 6.07) is 0. The maximum absolute atomic E-state index is 17.1. The van der Waals surface area contributed by atoms with E-state index >= 15 is 4.39 Å². The Hall–Kier alpha value is -1.06. The van der Waals surface area contributed by atoms with E-state index in [0.717, 1.165) is 11.8 Å². The number of hydrogen-bond acceptors (Lipinski definition) is 7. The van der Waals surface area contributed by atoms with E-state index in [4.69, 9.17) is 5.11 Å². The van der Waals surface area contributed by atoms with E-state index in [9.17, 15) is 24.9 Å². The summed E-state index contributed by atoms with van der Waals surface area (Å²) in [4.78, 5) is 25.3. The van der Waals surface area contributed by atoms with Gasteiger partial charge in [0.2, 0.25) is 0 Å². The summed E-state index contributed by atoms with van der Waals surface area (Å²) in [5.41, 5.74) is -5.11. The molecule has 1 unspecified atom stereocenters. The Labute approximate surface area is 198 Å². The first-order valence-electron chi connectivity index (χ1n) is 11.8. The SMILES string of the molecule is C[C@@H]1C[C@H]2[C@@H]3CCC4=CC(=O)C=C[C@]4(C)[C@@]3(F)[C@@H](O)C[C@]2(C)[C@@]1(O)C(=O)CSCC(O)CO. The minimum absolute atomic E-state index is 0.0306. The number of Topliss-reactive ketones (excluding diaryl/α,β-unsaturated/α-hetero) is 1. The topological polar surface area (TPSA) is 115 Å². The van der Waals surface area contributed by atoms with Crippen LogP contribution in [0.25, 0.3) is 0 Å². The Balaban J connectivity index is 1.67. The van der Waals surface area contributed by atoms with Crippen molar-refractivity contribution in [2.45, 2.75) is 69.9 Å². The zero-order chi connectivity index (χ0) is 24.4. The first-order valence-corrected chi connectivity index (χ1v) is 12.9. The van der Waals surface area contributed by atoms with Gasteiger partial charge < -0.3 is 20.4 Å².